The number of fused-ring (bicyclic) bond motifs is 1. The van der Waals surface area contributed by atoms with Gasteiger partial charge in [-0.25, -0.2) is 22.8 Å². The summed E-state index contributed by atoms with van der Waals surface area (Å²) in [6.45, 7) is 1.53. The van der Waals surface area contributed by atoms with Crippen molar-refractivity contribution in [3.63, 3.8) is 0 Å². The molecule has 5 aromatic rings. The molecule has 1 aromatic carbocycles. The summed E-state index contributed by atoms with van der Waals surface area (Å²) in [7, 11) is 1.71. The Balaban J connectivity index is 1.39. The summed E-state index contributed by atoms with van der Waals surface area (Å²) < 4.78 is 46.1. The second-order valence-electron chi connectivity index (χ2n) is 8.28. The molecule has 9 nitrogen and oxygen atoms in total. The second kappa shape index (κ2) is 9.29. The van der Waals surface area contributed by atoms with E-state index in [2.05, 4.69) is 25.6 Å². The van der Waals surface area contributed by atoms with Crippen molar-refractivity contribution in [1.29, 1.82) is 0 Å². The van der Waals surface area contributed by atoms with Gasteiger partial charge in [-0.3, -0.25) is 14.2 Å². The Labute approximate surface area is 203 Å². The van der Waals surface area contributed by atoms with Crippen LogP contribution in [0.2, 0.25) is 0 Å². The van der Waals surface area contributed by atoms with Crippen molar-refractivity contribution in [1.82, 2.24) is 34.3 Å². The van der Waals surface area contributed by atoms with Crippen LogP contribution in [0.25, 0.3) is 22.3 Å². The molecule has 0 aliphatic heterocycles. The Kier molecular flexibility index (Phi) is 6.00. The van der Waals surface area contributed by atoms with Crippen LogP contribution in [-0.2, 0) is 24.9 Å². The molecule has 5 rings (SSSR count). The molecule has 0 spiro atoms. The van der Waals surface area contributed by atoms with Gasteiger partial charge in [-0.2, -0.15) is 15.3 Å². The third kappa shape index (κ3) is 4.57. The maximum Gasteiger partial charge on any atom is 0.264 e. The normalized spacial score (nSPS) is 11.5. The van der Waals surface area contributed by atoms with Crippen LogP contribution in [0.1, 0.15) is 23.2 Å². The van der Waals surface area contributed by atoms with Crippen molar-refractivity contribution in [3.05, 3.63) is 77.6 Å². The van der Waals surface area contributed by atoms with Crippen molar-refractivity contribution in [3.8, 4) is 11.3 Å². The van der Waals surface area contributed by atoms with E-state index in [4.69, 9.17) is 0 Å². The van der Waals surface area contributed by atoms with Crippen LogP contribution in [0, 0.1) is 12.7 Å². The first-order valence-electron chi connectivity index (χ1n) is 11.0. The molecule has 4 heterocycles. The lowest BCUT2D eigenvalue weighted by atomic mass is 10.1. The minimum atomic E-state index is -2.76. The first-order chi connectivity index (χ1) is 17.3. The molecular weight excluding hydrogens is 473 g/mol. The lowest BCUT2D eigenvalue weighted by Gasteiger charge is -2.08. The van der Waals surface area contributed by atoms with E-state index in [0.717, 1.165) is 0 Å². The first kappa shape index (κ1) is 23.3. The number of aryl methyl sites for hydroxylation is 2. The Hall–Kier alpha value is -4.48. The molecule has 12 heteroatoms. The number of amides is 1. The number of benzene rings is 1. The van der Waals surface area contributed by atoms with Gasteiger partial charge in [0.05, 0.1) is 29.5 Å². The summed E-state index contributed by atoms with van der Waals surface area (Å²) >= 11 is 0. The van der Waals surface area contributed by atoms with Crippen molar-refractivity contribution in [2.45, 2.75) is 26.4 Å². The van der Waals surface area contributed by atoms with E-state index in [1.807, 2.05) is 0 Å². The van der Waals surface area contributed by atoms with Gasteiger partial charge in [0, 0.05) is 42.2 Å². The van der Waals surface area contributed by atoms with Gasteiger partial charge < -0.3 is 5.32 Å². The number of rotatable bonds is 7. The summed E-state index contributed by atoms with van der Waals surface area (Å²) in [5, 5.41) is 15.5. The van der Waals surface area contributed by atoms with Crippen LogP contribution in [0.15, 0.2) is 55.0 Å². The number of carbonyl (C=O) groups is 1. The molecule has 4 aromatic heterocycles. The standard InChI is InChI=1S/C24H21F3N8O/c1-14-22-17(23(26)27)9-19(16-10-28-33(2)11-16)29-24(22)35(31-14)13-21(36)30-20-7-8-34(32-20)12-15-5-3-4-6-18(15)25/h3-11,23H,12-13H2,1-2H3,(H,30,32,36). The van der Waals surface area contributed by atoms with E-state index in [1.165, 1.54) is 27.7 Å². The smallest absolute Gasteiger partial charge is 0.264 e. The minimum Gasteiger partial charge on any atom is -0.308 e. The van der Waals surface area contributed by atoms with E-state index < -0.39 is 12.3 Å². The summed E-state index contributed by atoms with van der Waals surface area (Å²) in [5.41, 5.74) is 1.63. The zero-order chi connectivity index (χ0) is 25.4. The number of hydrogen-bond acceptors (Lipinski definition) is 5. The van der Waals surface area contributed by atoms with Crippen LogP contribution in [-0.4, -0.2) is 40.2 Å². The van der Waals surface area contributed by atoms with E-state index in [9.17, 15) is 18.0 Å². The predicted octanol–water partition coefficient (Wildman–Crippen LogP) is 4.10. The Bertz CT molecular complexity index is 1570. The summed E-state index contributed by atoms with van der Waals surface area (Å²) in [6, 6.07) is 9.26. The molecule has 0 unspecified atom stereocenters. The second-order valence-corrected chi connectivity index (χ2v) is 8.28. The van der Waals surface area contributed by atoms with Gasteiger partial charge in [0.1, 0.15) is 12.4 Å². The van der Waals surface area contributed by atoms with Gasteiger partial charge >= 0.3 is 0 Å². The highest BCUT2D eigenvalue weighted by molar-refractivity contribution is 5.91. The fourth-order valence-electron chi connectivity index (χ4n) is 4.01. The van der Waals surface area contributed by atoms with Gasteiger partial charge in [0.15, 0.2) is 11.5 Å². The molecular formula is C24H21F3N8O. The lowest BCUT2D eigenvalue weighted by molar-refractivity contribution is -0.116. The molecule has 1 amide bonds. The summed E-state index contributed by atoms with van der Waals surface area (Å²) in [4.78, 5) is 17.3. The number of nitrogens with zero attached hydrogens (tertiary/aromatic N) is 7. The molecule has 1 N–H and O–H groups in total. The van der Waals surface area contributed by atoms with Crippen LogP contribution in [0.3, 0.4) is 0 Å². The zero-order valence-electron chi connectivity index (χ0n) is 19.4. The van der Waals surface area contributed by atoms with Crippen LogP contribution in [0.4, 0.5) is 19.0 Å². The highest BCUT2D eigenvalue weighted by atomic mass is 19.3. The Morgan fingerprint density at radius 1 is 1.17 bits per heavy atom. The average molecular weight is 494 g/mol. The van der Waals surface area contributed by atoms with Crippen molar-refractivity contribution in [2.24, 2.45) is 7.05 Å². The highest BCUT2D eigenvalue weighted by Gasteiger charge is 2.22. The monoisotopic (exact) mass is 494 g/mol. The number of alkyl halides is 2. The van der Waals surface area contributed by atoms with Crippen LogP contribution < -0.4 is 5.32 Å². The van der Waals surface area contributed by atoms with Crippen molar-refractivity contribution in [2.75, 3.05) is 5.32 Å². The van der Waals surface area contributed by atoms with Crippen LogP contribution in [0.5, 0.6) is 0 Å². The van der Waals surface area contributed by atoms with E-state index in [-0.39, 0.29) is 41.3 Å². The van der Waals surface area contributed by atoms with E-state index >= 15 is 0 Å². The SMILES string of the molecule is Cc1nn(CC(=O)Nc2ccn(Cc3ccccc3F)n2)c2nc(-c3cnn(C)c3)cc(C(F)F)c12. The number of anilines is 1. The maximum atomic E-state index is 13.9. The number of carbonyl (C=O) groups excluding carboxylic acids is 1. The third-order valence-electron chi connectivity index (χ3n) is 5.64. The number of nitrogens with one attached hydrogen (secondary N) is 1. The number of pyridine rings is 1. The van der Waals surface area contributed by atoms with Crippen molar-refractivity contribution < 1.29 is 18.0 Å². The molecule has 0 fully saturated rings. The average Bonchev–Trinajstić information content (AvgIpc) is 3.54. The topological polar surface area (TPSA) is 95.5 Å². The molecule has 184 valence electrons. The summed E-state index contributed by atoms with van der Waals surface area (Å²) in [6.07, 6.45) is 2.06. The van der Waals surface area contributed by atoms with Gasteiger partial charge in [0.2, 0.25) is 5.91 Å². The number of hydrogen-bond donors (Lipinski definition) is 1. The quantitative estimate of drug-likeness (QED) is 0.368. The molecule has 0 radical (unpaired) electrons. The zero-order valence-corrected chi connectivity index (χ0v) is 19.4. The van der Waals surface area contributed by atoms with Crippen molar-refractivity contribution >= 4 is 22.8 Å². The van der Waals surface area contributed by atoms with E-state index in [0.29, 0.717) is 22.5 Å². The molecule has 0 atom stereocenters. The molecule has 0 aliphatic carbocycles. The predicted molar refractivity (Wildman–Crippen MR) is 126 cm³/mol. The number of aromatic nitrogens is 7. The minimum absolute atomic E-state index is 0.171. The van der Waals surface area contributed by atoms with Gasteiger partial charge in [-0.15, -0.1) is 0 Å². The molecule has 0 bridgehead atoms. The third-order valence-corrected chi connectivity index (χ3v) is 5.64. The molecule has 0 saturated carbocycles. The fourth-order valence-corrected chi connectivity index (χ4v) is 4.01. The first-order valence-corrected chi connectivity index (χ1v) is 11.0. The molecule has 0 aliphatic rings. The molecule has 0 saturated heterocycles. The largest absolute Gasteiger partial charge is 0.308 e. The maximum absolute atomic E-state index is 13.9. The van der Waals surface area contributed by atoms with Gasteiger partial charge in [-0.1, -0.05) is 18.2 Å². The van der Waals surface area contributed by atoms with Gasteiger partial charge in [-0.05, 0) is 19.1 Å². The summed E-state index contributed by atoms with van der Waals surface area (Å²) in [5.74, 6) is -0.551. The Morgan fingerprint density at radius 2 is 1.97 bits per heavy atom. The highest BCUT2D eigenvalue weighted by Crippen LogP contribution is 2.33. The molecule has 36 heavy (non-hydrogen) atoms. The van der Waals surface area contributed by atoms with Gasteiger partial charge in [0.25, 0.3) is 6.43 Å². The fraction of sp³-hybridized carbons (Fsp3) is 0.208. The lowest BCUT2D eigenvalue weighted by Crippen LogP contribution is -2.20. The van der Waals surface area contributed by atoms with E-state index in [1.54, 1.807) is 55.3 Å². The Morgan fingerprint density at radius 3 is 2.69 bits per heavy atom. The van der Waals surface area contributed by atoms with Crippen LogP contribution >= 0.6 is 0 Å². The number of halogens is 3.